The highest BCUT2D eigenvalue weighted by Gasteiger charge is 2.15. The molecule has 2 rings (SSSR count). The standard InChI is InChI=1S/C12H17N5O/c1-7-11(12(18)15-9(3)13-7)8(2)14-10-5-6-17(4)16-10/h5-6,8H,1-4H3,(H,14,16)(H,13,15,18). The number of nitrogens with one attached hydrogen (secondary N) is 2. The second kappa shape index (κ2) is 4.64. The summed E-state index contributed by atoms with van der Waals surface area (Å²) in [6, 6.07) is 1.72. The van der Waals surface area contributed by atoms with Gasteiger partial charge in [-0.2, -0.15) is 5.10 Å². The highest BCUT2D eigenvalue weighted by atomic mass is 16.1. The van der Waals surface area contributed by atoms with Crippen LogP contribution in [-0.4, -0.2) is 19.7 Å². The summed E-state index contributed by atoms with van der Waals surface area (Å²) in [4.78, 5) is 18.9. The van der Waals surface area contributed by atoms with Gasteiger partial charge in [0, 0.05) is 19.3 Å². The van der Waals surface area contributed by atoms with Crippen LogP contribution in [0.1, 0.15) is 30.0 Å². The van der Waals surface area contributed by atoms with E-state index in [1.54, 1.807) is 11.6 Å². The predicted octanol–water partition coefficient (Wildman–Crippen LogP) is 1.29. The molecule has 1 unspecified atom stereocenters. The molecule has 0 aromatic carbocycles. The minimum absolute atomic E-state index is 0.101. The first-order chi connectivity index (χ1) is 8.47. The van der Waals surface area contributed by atoms with Crippen LogP contribution in [0.4, 0.5) is 5.82 Å². The zero-order valence-corrected chi connectivity index (χ0v) is 11.0. The molecule has 0 amide bonds. The van der Waals surface area contributed by atoms with Crippen molar-refractivity contribution in [2.75, 3.05) is 5.32 Å². The Kier molecular flexibility index (Phi) is 3.18. The number of hydrogen-bond acceptors (Lipinski definition) is 4. The third kappa shape index (κ3) is 2.42. The van der Waals surface area contributed by atoms with Gasteiger partial charge in [-0.25, -0.2) is 4.98 Å². The van der Waals surface area contributed by atoms with Gasteiger partial charge in [0.25, 0.3) is 5.56 Å². The molecule has 0 saturated carbocycles. The smallest absolute Gasteiger partial charge is 0.256 e. The molecular weight excluding hydrogens is 230 g/mol. The SMILES string of the molecule is Cc1nc(C)c(C(C)Nc2ccn(C)n2)c(=O)[nH]1. The van der Waals surface area contributed by atoms with Gasteiger partial charge in [0.15, 0.2) is 0 Å². The van der Waals surface area contributed by atoms with Crippen molar-refractivity contribution in [3.63, 3.8) is 0 Å². The number of rotatable bonds is 3. The van der Waals surface area contributed by atoms with Crippen LogP contribution < -0.4 is 10.9 Å². The van der Waals surface area contributed by atoms with Gasteiger partial charge in [-0.15, -0.1) is 0 Å². The molecule has 0 spiro atoms. The molecule has 2 N–H and O–H groups in total. The summed E-state index contributed by atoms with van der Waals surface area (Å²) in [5.41, 5.74) is 1.29. The Morgan fingerprint density at radius 2 is 2.17 bits per heavy atom. The zero-order valence-electron chi connectivity index (χ0n) is 11.0. The Labute approximate surface area is 105 Å². The normalized spacial score (nSPS) is 12.4. The maximum Gasteiger partial charge on any atom is 0.256 e. The van der Waals surface area contributed by atoms with Crippen molar-refractivity contribution in [3.8, 4) is 0 Å². The van der Waals surface area contributed by atoms with Crippen LogP contribution >= 0.6 is 0 Å². The van der Waals surface area contributed by atoms with Crippen LogP contribution in [-0.2, 0) is 7.05 Å². The lowest BCUT2D eigenvalue weighted by molar-refractivity contribution is 0.754. The Balaban J connectivity index is 2.29. The Morgan fingerprint density at radius 3 is 2.72 bits per heavy atom. The molecule has 96 valence electrons. The maximum absolute atomic E-state index is 11.9. The average Bonchev–Trinajstić information content (AvgIpc) is 2.62. The number of aromatic amines is 1. The summed E-state index contributed by atoms with van der Waals surface area (Å²) >= 11 is 0. The van der Waals surface area contributed by atoms with Gasteiger partial charge in [0.2, 0.25) is 0 Å². The summed E-state index contributed by atoms with van der Waals surface area (Å²) in [5.74, 6) is 1.37. The van der Waals surface area contributed by atoms with E-state index < -0.39 is 0 Å². The fourth-order valence-corrected chi connectivity index (χ4v) is 2.03. The molecule has 6 heteroatoms. The van der Waals surface area contributed by atoms with Gasteiger partial charge in [-0.1, -0.05) is 0 Å². The van der Waals surface area contributed by atoms with E-state index in [9.17, 15) is 4.79 Å². The fraction of sp³-hybridized carbons (Fsp3) is 0.417. The fourth-order valence-electron chi connectivity index (χ4n) is 2.03. The van der Waals surface area contributed by atoms with Crippen molar-refractivity contribution < 1.29 is 0 Å². The topological polar surface area (TPSA) is 75.6 Å². The maximum atomic E-state index is 11.9. The van der Waals surface area contributed by atoms with Crippen LogP contribution in [0.15, 0.2) is 17.1 Å². The molecule has 6 nitrogen and oxygen atoms in total. The van der Waals surface area contributed by atoms with Crippen LogP contribution in [0.2, 0.25) is 0 Å². The highest BCUT2D eigenvalue weighted by molar-refractivity contribution is 5.37. The number of hydrogen-bond donors (Lipinski definition) is 2. The molecule has 1 atom stereocenters. The monoisotopic (exact) mass is 247 g/mol. The van der Waals surface area contributed by atoms with Crippen LogP contribution in [0, 0.1) is 13.8 Å². The van der Waals surface area contributed by atoms with Crippen molar-refractivity contribution in [1.82, 2.24) is 19.7 Å². The number of nitrogens with zero attached hydrogens (tertiary/aromatic N) is 3. The minimum Gasteiger partial charge on any atom is -0.362 e. The zero-order chi connectivity index (χ0) is 13.3. The molecule has 0 fully saturated rings. The third-order valence-corrected chi connectivity index (χ3v) is 2.78. The van der Waals surface area contributed by atoms with Crippen LogP contribution in [0.3, 0.4) is 0 Å². The second-order valence-corrected chi connectivity index (χ2v) is 4.39. The first kappa shape index (κ1) is 12.3. The molecule has 0 aliphatic carbocycles. The molecule has 2 aromatic rings. The second-order valence-electron chi connectivity index (χ2n) is 4.39. The predicted molar refractivity (Wildman–Crippen MR) is 69.6 cm³/mol. The lowest BCUT2D eigenvalue weighted by Crippen LogP contribution is -2.23. The summed E-state index contributed by atoms with van der Waals surface area (Å²) in [6.45, 7) is 5.53. The van der Waals surface area contributed by atoms with Gasteiger partial charge in [0.05, 0.1) is 17.3 Å². The molecule has 2 aromatic heterocycles. The van der Waals surface area contributed by atoms with E-state index in [1.807, 2.05) is 33.2 Å². The highest BCUT2D eigenvalue weighted by Crippen LogP contribution is 2.16. The summed E-state index contributed by atoms with van der Waals surface area (Å²) in [7, 11) is 1.85. The van der Waals surface area contributed by atoms with Crippen molar-refractivity contribution in [2.45, 2.75) is 26.8 Å². The molecule has 2 heterocycles. The Morgan fingerprint density at radius 1 is 1.44 bits per heavy atom. The van der Waals surface area contributed by atoms with Crippen LogP contribution in [0.25, 0.3) is 0 Å². The van der Waals surface area contributed by atoms with Gasteiger partial charge in [-0.05, 0) is 20.8 Å². The first-order valence-corrected chi connectivity index (χ1v) is 5.81. The van der Waals surface area contributed by atoms with Crippen molar-refractivity contribution >= 4 is 5.82 Å². The van der Waals surface area contributed by atoms with Crippen molar-refractivity contribution in [3.05, 3.63) is 39.7 Å². The van der Waals surface area contributed by atoms with Gasteiger partial charge in [-0.3, -0.25) is 9.48 Å². The molecule has 0 aliphatic rings. The molecule has 0 aliphatic heterocycles. The molecule has 18 heavy (non-hydrogen) atoms. The largest absolute Gasteiger partial charge is 0.362 e. The van der Waals surface area contributed by atoms with Gasteiger partial charge >= 0.3 is 0 Å². The summed E-state index contributed by atoms with van der Waals surface area (Å²) in [5, 5.41) is 7.41. The number of H-pyrrole nitrogens is 1. The van der Waals surface area contributed by atoms with E-state index in [4.69, 9.17) is 0 Å². The van der Waals surface area contributed by atoms with Crippen molar-refractivity contribution in [1.29, 1.82) is 0 Å². The summed E-state index contributed by atoms with van der Waals surface area (Å²) in [6.07, 6.45) is 1.85. The van der Waals surface area contributed by atoms with Crippen LogP contribution in [0.5, 0.6) is 0 Å². The molecular formula is C12H17N5O. The van der Waals surface area contributed by atoms with E-state index in [0.29, 0.717) is 11.4 Å². The number of anilines is 1. The lowest BCUT2D eigenvalue weighted by Gasteiger charge is -2.14. The van der Waals surface area contributed by atoms with E-state index >= 15 is 0 Å². The van der Waals surface area contributed by atoms with Crippen molar-refractivity contribution in [2.24, 2.45) is 7.05 Å². The third-order valence-electron chi connectivity index (χ3n) is 2.78. The minimum atomic E-state index is -0.142. The molecule has 0 saturated heterocycles. The lowest BCUT2D eigenvalue weighted by atomic mass is 10.1. The van der Waals surface area contributed by atoms with E-state index in [2.05, 4.69) is 20.4 Å². The Hall–Kier alpha value is -2.11. The first-order valence-electron chi connectivity index (χ1n) is 5.81. The summed E-state index contributed by atoms with van der Waals surface area (Å²) < 4.78 is 1.71. The average molecular weight is 247 g/mol. The quantitative estimate of drug-likeness (QED) is 0.857. The number of aromatic nitrogens is 4. The van der Waals surface area contributed by atoms with E-state index in [-0.39, 0.29) is 11.6 Å². The molecule has 0 radical (unpaired) electrons. The van der Waals surface area contributed by atoms with E-state index in [1.165, 1.54) is 0 Å². The van der Waals surface area contributed by atoms with Gasteiger partial charge < -0.3 is 10.3 Å². The molecule has 0 bridgehead atoms. The number of aryl methyl sites for hydroxylation is 3. The van der Waals surface area contributed by atoms with Gasteiger partial charge in [0.1, 0.15) is 11.6 Å². The Bertz CT molecular complexity index is 613. The van der Waals surface area contributed by atoms with E-state index in [0.717, 1.165) is 11.5 Å².